The van der Waals surface area contributed by atoms with Gasteiger partial charge in [-0.15, -0.1) is 0 Å². The molecule has 0 spiro atoms. The number of aliphatic carboxylic acids is 1. The van der Waals surface area contributed by atoms with Crippen LogP contribution >= 0.6 is 0 Å². The molecule has 0 aliphatic carbocycles. The van der Waals surface area contributed by atoms with Crippen molar-refractivity contribution in [2.45, 2.75) is 12.6 Å². The molecule has 0 fully saturated rings. The van der Waals surface area contributed by atoms with Crippen LogP contribution in [0.15, 0.2) is 48.5 Å². The highest BCUT2D eigenvalue weighted by atomic mass is 19.4. The number of carbonyl (C=O) groups is 3. The summed E-state index contributed by atoms with van der Waals surface area (Å²) >= 11 is 0. The van der Waals surface area contributed by atoms with E-state index in [0.29, 0.717) is 0 Å². The van der Waals surface area contributed by atoms with Crippen molar-refractivity contribution in [1.29, 1.82) is 0 Å². The predicted octanol–water partition coefficient (Wildman–Crippen LogP) is 2.37. The van der Waals surface area contributed by atoms with E-state index >= 15 is 0 Å². The van der Waals surface area contributed by atoms with Crippen molar-refractivity contribution in [2.75, 3.05) is 6.54 Å². The summed E-state index contributed by atoms with van der Waals surface area (Å²) in [5.41, 5.74) is -0.295. The number of amides is 2. The number of carboxylic acids is 1. The predicted molar refractivity (Wildman–Crippen MR) is 91.4 cm³/mol. The third-order valence-electron chi connectivity index (χ3n) is 4.23. The second kappa shape index (κ2) is 7.30. The maximum absolute atomic E-state index is 12.9. The maximum Gasteiger partial charge on any atom is 0.416 e. The van der Waals surface area contributed by atoms with Crippen LogP contribution in [0.2, 0.25) is 0 Å². The van der Waals surface area contributed by atoms with E-state index < -0.39 is 42.5 Å². The Morgan fingerprint density at radius 2 is 1.68 bits per heavy atom. The summed E-state index contributed by atoms with van der Waals surface area (Å²) in [4.78, 5) is 36.8. The molecule has 3 rings (SSSR count). The Labute approximate surface area is 157 Å². The minimum atomic E-state index is -4.54. The van der Waals surface area contributed by atoms with Gasteiger partial charge in [0.25, 0.3) is 11.8 Å². The van der Waals surface area contributed by atoms with Gasteiger partial charge in [-0.3, -0.25) is 14.5 Å². The molecule has 2 aromatic carbocycles. The van der Waals surface area contributed by atoms with Gasteiger partial charge in [-0.1, -0.05) is 30.3 Å². The third-order valence-corrected chi connectivity index (χ3v) is 4.23. The number of imide groups is 1. The van der Waals surface area contributed by atoms with Gasteiger partial charge in [0.1, 0.15) is 0 Å². The van der Waals surface area contributed by atoms with Gasteiger partial charge in [-0.2, -0.15) is 13.2 Å². The van der Waals surface area contributed by atoms with Gasteiger partial charge in [0, 0.05) is 30.1 Å². The molecule has 0 aromatic heterocycles. The molecule has 0 unspecified atom stereocenters. The molecule has 28 heavy (non-hydrogen) atoms. The minimum Gasteiger partial charge on any atom is -0.550 e. The monoisotopic (exact) mass is 388 g/mol. The molecule has 0 saturated carbocycles. The van der Waals surface area contributed by atoms with Crippen molar-refractivity contribution in [3.8, 4) is 0 Å². The van der Waals surface area contributed by atoms with Crippen LogP contribution < -0.4 is 5.11 Å². The molecular formula is C20H13F3NO4-. The first kappa shape index (κ1) is 19.3. The van der Waals surface area contributed by atoms with Crippen molar-refractivity contribution in [3.05, 3.63) is 70.8 Å². The fourth-order valence-electron chi connectivity index (χ4n) is 2.92. The number of fused-ring (bicyclic) bond motifs is 1. The Balaban J connectivity index is 2.09. The van der Waals surface area contributed by atoms with E-state index in [4.69, 9.17) is 0 Å². The first-order valence-electron chi connectivity index (χ1n) is 8.23. The lowest BCUT2D eigenvalue weighted by molar-refractivity contribution is -0.305. The number of hydrogen-bond acceptors (Lipinski definition) is 4. The quantitative estimate of drug-likeness (QED) is 0.595. The third kappa shape index (κ3) is 3.80. The van der Waals surface area contributed by atoms with E-state index in [1.807, 2.05) is 0 Å². The fraction of sp³-hybridized carbons (Fsp3) is 0.150. The zero-order chi connectivity index (χ0) is 20.5. The van der Waals surface area contributed by atoms with Gasteiger partial charge in [-0.05, 0) is 35.4 Å². The molecule has 1 heterocycles. The molecule has 0 radical (unpaired) electrons. The topological polar surface area (TPSA) is 77.5 Å². The first-order valence-corrected chi connectivity index (χ1v) is 8.23. The van der Waals surface area contributed by atoms with Crippen LogP contribution in [0, 0.1) is 0 Å². The Morgan fingerprint density at radius 1 is 1.00 bits per heavy atom. The summed E-state index contributed by atoms with van der Waals surface area (Å²) in [5.74, 6) is -2.87. The number of halogens is 3. The SMILES string of the molecule is O=C([O-])CCN1C(=O)/C(=C\c2cccc(C(F)(F)F)c2)c2ccccc2C1=O. The van der Waals surface area contributed by atoms with Crippen LogP contribution in [0.4, 0.5) is 13.2 Å². The second-order valence-electron chi connectivity index (χ2n) is 6.11. The highest BCUT2D eigenvalue weighted by molar-refractivity contribution is 6.33. The molecule has 0 bridgehead atoms. The van der Waals surface area contributed by atoms with Crippen molar-refractivity contribution >= 4 is 29.4 Å². The number of rotatable bonds is 4. The number of hydrogen-bond donors (Lipinski definition) is 0. The van der Waals surface area contributed by atoms with Crippen LogP contribution in [-0.4, -0.2) is 29.2 Å². The Kier molecular flexibility index (Phi) is 5.04. The molecule has 0 atom stereocenters. The average Bonchev–Trinajstić information content (AvgIpc) is 2.64. The molecular weight excluding hydrogens is 375 g/mol. The van der Waals surface area contributed by atoms with Gasteiger partial charge < -0.3 is 9.90 Å². The molecule has 0 saturated heterocycles. The molecule has 144 valence electrons. The first-order chi connectivity index (χ1) is 13.2. The number of benzene rings is 2. The molecule has 0 N–H and O–H groups in total. The van der Waals surface area contributed by atoms with Crippen molar-refractivity contribution < 1.29 is 32.7 Å². The van der Waals surface area contributed by atoms with Crippen LogP contribution in [0.25, 0.3) is 11.6 Å². The maximum atomic E-state index is 12.9. The lowest BCUT2D eigenvalue weighted by Crippen LogP contribution is -2.43. The smallest absolute Gasteiger partial charge is 0.416 e. The highest BCUT2D eigenvalue weighted by Gasteiger charge is 2.34. The van der Waals surface area contributed by atoms with E-state index in [0.717, 1.165) is 17.0 Å². The molecule has 2 amide bonds. The van der Waals surface area contributed by atoms with Crippen molar-refractivity contribution in [1.82, 2.24) is 4.90 Å². The van der Waals surface area contributed by atoms with Crippen molar-refractivity contribution in [2.24, 2.45) is 0 Å². The van der Waals surface area contributed by atoms with Crippen LogP contribution in [0.5, 0.6) is 0 Å². The number of alkyl halides is 3. The summed E-state index contributed by atoms with van der Waals surface area (Å²) in [5, 5.41) is 10.7. The number of nitrogens with zero attached hydrogens (tertiary/aromatic N) is 1. The van der Waals surface area contributed by atoms with E-state index in [-0.39, 0.29) is 22.3 Å². The normalized spacial score (nSPS) is 15.7. The highest BCUT2D eigenvalue weighted by Crippen LogP contribution is 2.33. The van der Waals surface area contributed by atoms with E-state index in [9.17, 15) is 32.7 Å². The summed E-state index contributed by atoms with van der Waals surface area (Å²) in [6, 6.07) is 10.6. The van der Waals surface area contributed by atoms with E-state index in [1.165, 1.54) is 30.3 Å². The summed E-state index contributed by atoms with van der Waals surface area (Å²) in [6.07, 6.45) is -3.83. The van der Waals surface area contributed by atoms with Gasteiger partial charge in [-0.25, -0.2) is 0 Å². The molecule has 8 heteroatoms. The molecule has 2 aromatic rings. The minimum absolute atomic E-state index is 0.00729. The van der Waals surface area contributed by atoms with Gasteiger partial charge in [0.15, 0.2) is 0 Å². The molecule has 5 nitrogen and oxygen atoms in total. The number of carbonyl (C=O) groups excluding carboxylic acids is 3. The summed E-state index contributed by atoms with van der Waals surface area (Å²) < 4.78 is 38.8. The van der Waals surface area contributed by atoms with E-state index in [1.54, 1.807) is 12.1 Å². The zero-order valence-electron chi connectivity index (χ0n) is 14.3. The average molecular weight is 388 g/mol. The largest absolute Gasteiger partial charge is 0.550 e. The van der Waals surface area contributed by atoms with Gasteiger partial charge in [0.05, 0.1) is 5.56 Å². The summed E-state index contributed by atoms with van der Waals surface area (Å²) in [7, 11) is 0. The Hall–Kier alpha value is -3.42. The molecule has 1 aliphatic rings. The summed E-state index contributed by atoms with van der Waals surface area (Å²) in [6.45, 7) is -0.395. The van der Waals surface area contributed by atoms with Crippen LogP contribution in [0.1, 0.15) is 33.5 Å². The zero-order valence-corrected chi connectivity index (χ0v) is 14.3. The lowest BCUT2D eigenvalue weighted by atomic mass is 9.91. The molecule has 1 aliphatic heterocycles. The van der Waals surface area contributed by atoms with Gasteiger partial charge in [0.2, 0.25) is 0 Å². The fourth-order valence-corrected chi connectivity index (χ4v) is 2.92. The lowest BCUT2D eigenvalue weighted by Gasteiger charge is -2.28. The van der Waals surface area contributed by atoms with E-state index in [2.05, 4.69) is 0 Å². The van der Waals surface area contributed by atoms with Crippen molar-refractivity contribution in [3.63, 3.8) is 0 Å². The Morgan fingerprint density at radius 3 is 2.32 bits per heavy atom. The number of carboxylic acid groups (broad SMARTS) is 1. The second-order valence-corrected chi connectivity index (χ2v) is 6.11. The van der Waals surface area contributed by atoms with Crippen LogP contribution in [-0.2, 0) is 15.8 Å². The van der Waals surface area contributed by atoms with Gasteiger partial charge >= 0.3 is 6.18 Å². The van der Waals surface area contributed by atoms with Crippen LogP contribution in [0.3, 0.4) is 0 Å². The Bertz CT molecular complexity index is 995. The standard InChI is InChI=1S/C20H14F3NO4/c21-20(22,23)13-5-3-4-12(10-13)11-16-14-6-1-2-7-15(14)18(27)24(19(16)28)9-8-17(25)26/h1-7,10-11H,8-9H2,(H,25,26)/p-1/b16-11-.